The Kier molecular flexibility index (Phi) is 9.36. The number of nitrogens with one attached hydrogen (secondary N) is 2. The Morgan fingerprint density at radius 2 is 1.35 bits per heavy atom. The predicted molar refractivity (Wildman–Crippen MR) is 149 cm³/mol. The summed E-state index contributed by atoms with van der Waals surface area (Å²) in [6, 6.07) is 27.6. The molecule has 0 radical (unpaired) electrons. The van der Waals surface area contributed by atoms with Gasteiger partial charge in [-0.05, 0) is 48.5 Å². The highest BCUT2D eigenvalue weighted by Crippen LogP contribution is 2.26. The summed E-state index contributed by atoms with van der Waals surface area (Å²) in [4.78, 5) is 49.6. The van der Waals surface area contributed by atoms with Crippen molar-refractivity contribution >= 4 is 41.6 Å². The van der Waals surface area contributed by atoms with Gasteiger partial charge in [-0.15, -0.1) is 0 Å². The van der Waals surface area contributed by atoms with Gasteiger partial charge in [-0.1, -0.05) is 60.1 Å². The summed E-state index contributed by atoms with van der Waals surface area (Å²) in [6.07, 6.45) is 1.25. The van der Waals surface area contributed by atoms with E-state index in [4.69, 9.17) is 21.1 Å². The van der Waals surface area contributed by atoms with Crippen LogP contribution >= 0.6 is 11.6 Å². The molecule has 40 heavy (non-hydrogen) atoms. The molecule has 0 aromatic heterocycles. The van der Waals surface area contributed by atoms with E-state index < -0.39 is 23.8 Å². The Balaban J connectivity index is 1.45. The number of nitrogens with zero attached hydrogens (tertiary/aromatic N) is 1. The van der Waals surface area contributed by atoms with Gasteiger partial charge in [-0.3, -0.25) is 9.59 Å². The second-order valence-corrected chi connectivity index (χ2v) is 8.57. The number of benzene rings is 4. The van der Waals surface area contributed by atoms with Gasteiger partial charge >= 0.3 is 11.9 Å². The molecule has 0 spiro atoms. The molecule has 4 aromatic rings. The maximum atomic E-state index is 12.7. The Bertz CT molecular complexity index is 1560. The third-order valence-electron chi connectivity index (χ3n) is 5.34. The molecule has 4 aromatic carbocycles. The van der Waals surface area contributed by atoms with Crippen LogP contribution in [0.2, 0.25) is 5.02 Å². The molecule has 0 saturated carbocycles. The van der Waals surface area contributed by atoms with Crippen LogP contribution in [0.3, 0.4) is 0 Å². The number of ether oxygens (including phenoxy) is 2. The molecule has 2 N–H and O–H groups in total. The van der Waals surface area contributed by atoms with Crippen molar-refractivity contribution in [1.29, 1.82) is 0 Å². The second-order valence-electron chi connectivity index (χ2n) is 8.17. The van der Waals surface area contributed by atoms with Crippen LogP contribution < -0.4 is 20.2 Å². The molecule has 0 fully saturated rings. The lowest BCUT2D eigenvalue weighted by atomic mass is 10.2. The Hall–Kier alpha value is -5.28. The normalized spacial score (nSPS) is 10.5. The number of amides is 2. The molecule has 0 heterocycles. The van der Waals surface area contributed by atoms with Crippen LogP contribution in [0, 0.1) is 0 Å². The lowest BCUT2D eigenvalue weighted by molar-refractivity contribution is -0.120. The van der Waals surface area contributed by atoms with Crippen molar-refractivity contribution in [2.75, 3.05) is 6.54 Å². The topological polar surface area (TPSA) is 123 Å². The molecule has 200 valence electrons. The standard InChI is InChI=1S/C30H22ClN3O6/c31-25-14-8-7-13-24(25)28(36)32-19-27(35)34-33-18-22-15-16-23(39-29(37)20-9-3-1-4-10-20)17-26(22)40-30(38)21-11-5-2-6-12-21/h1-18H,19H2,(H,32,36)(H,34,35). The van der Waals surface area contributed by atoms with E-state index in [1.807, 2.05) is 0 Å². The minimum atomic E-state index is -0.645. The number of hydrogen-bond donors (Lipinski definition) is 2. The fourth-order valence-corrected chi connectivity index (χ4v) is 3.58. The van der Waals surface area contributed by atoms with Gasteiger partial charge < -0.3 is 14.8 Å². The number of carbonyl (C=O) groups is 4. The summed E-state index contributed by atoms with van der Waals surface area (Å²) in [5.74, 6) is -2.18. The van der Waals surface area contributed by atoms with E-state index in [2.05, 4.69) is 15.8 Å². The average molecular weight is 556 g/mol. The lowest BCUT2D eigenvalue weighted by Gasteiger charge is -2.11. The molecule has 0 aliphatic rings. The third-order valence-corrected chi connectivity index (χ3v) is 5.67. The van der Waals surface area contributed by atoms with Gasteiger partial charge in [0.15, 0.2) is 0 Å². The minimum Gasteiger partial charge on any atom is -0.423 e. The van der Waals surface area contributed by atoms with Crippen molar-refractivity contribution in [2.24, 2.45) is 5.10 Å². The smallest absolute Gasteiger partial charge is 0.343 e. The van der Waals surface area contributed by atoms with Crippen LogP contribution in [0.4, 0.5) is 0 Å². The first-order valence-electron chi connectivity index (χ1n) is 11.9. The van der Waals surface area contributed by atoms with Gasteiger partial charge in [0.2, 0.25) is 0 Å². The van der Waals surface area contributed by atoms with E-state index in [1.165, 1.54) is 30.5 Å². The summed E-state index contributed by atoms with van der Waals surface area (Å²) in [6.45, 7) is -0.356. The van der Waals surface area contributed by atoms with Gasteiger partial charge in [-0.25, -0.2) is 15.0 Å². The van der Waals surface area contributed by atoms with Crippen molar-refractivity contribution in [3.63, 3.8) is 0 Å². The number of esters is 2. The summed E-state index contributed by atoms with van der Waals surface area (Å²) < 4.78 is 11.0. The maximum absolute atomic E-state index is 12.7. The largest absolute Gasteiger partial charge is 0.423 e. The van der Waals surface area contributed by atoms with Crippen LogP contribution in [0.1, 0.15) is 36.6 Å². The van der Waals surface area contributed by atoms with Crippen molar-refractivity contribution in [2.45, 2.75) is 0 Å². The maximum Gasteiger partial charge on any atom is 0.343 e. The fraction of sp³-hybridized carbons (Fsp3) is 0.0333. The average Bonchev–Trinajstić information content (AvgIpc) is 2.98. The predicted octanol–water partition coefficient (Wildman–Crippen LogP) is 4.66. The quantitative estimate of drug-likeness (QED) is 0.134. The second kappa shape index (κ2) is 13.5. The Morgan fingerprint density at radius 1 is 0.750 bits per heavy atom. The van der Waals surface area contributed by atoms with Crippen molar-refractivity contribution < 1.29 is 28.7 Å². The summed E-state index contributed by atoms with van der Waals surface area (Å²) in [7, 11) is 0. The van der Waals surface area contributed by atoms with Gasteiger partial charge in [0.1, 0.15) is 11.5 Å². The van der Waals surface area contributed by atoms with Crippen LogP contribution in [0.5, 0.6) is 11.5 Å². The molecule has 4 rings (SSSR count). The molecule has 9 nitrogen and oxygen atoms in total. The molecular formula is C30H22ClN3O6. The molecular weight excluding hydrogens is 534 g/mol. The molecule has 0 aliphatic heterocycles. The Labute approximate surface area is 234 Å². The number of hydrazone groups is 1. The van der Waals surface area contributed by atoms with Crippen LogP contribution in [0.15, 0.2) is 108 Å². The zero-order chi connectivity index (χ0) is 28.3. The first kappa shape index (κ1) is 27.7. The fourth-order valence-electron chi connectivity index (χ4n) is 3.36. The van der Waals surface area contributed by atoms with Crippen molar-refractivity contribution in [3.8, 4) is 11.5 Å². The van der Waals surface area contributed by atoms with Gasteiger partial charge in [0.25, 0.3) is 11.8 Å². The van der Waals surface area contributed by atoms with E-state index >= 15 is 0 Å². The highest BCUT2D eigenvalue weighted by Gasteiger charge is 2.15. The third kappa shape index (κ3) is 7.62. The van der Waals surface area contributed by atoms with E-state index in [9.17, 15) is 19.2 Å². The number of carbonyl (C=O) groups excluding carboxylic acids is 4. The van der Waals surface area contributed by atoms with Gasteiger partial charge in [0, 0.05) is 11.6 Å². The molecule has 0 atom stereocenters. The summed E-state index contributed by atoms with van der Waals surface area (Å²) in [5.41, 5.74) is 3.49. The SMILES string of the molecule is O=C(CNC(=O)c1ccccc1Cl)NN=Cc1ccc(OC(=O)c2ccccc2)cc1OC(=O)c1ccccc1. The van der Waals surface area contributed by atoms with E-state index in [0.717, 1.165) is 0 Å². The summed E-state index contributed by atoms with van der Waals surface area (Å²) >= 11 is 6.00. The molecule has 10 heteroatoms. The highest BCUT2D eigenvalue weighted by atomic mass is 35.5. The van der Waals surface area contributed by atoms with Crippen LogP contribution in [0.25, 0.3) is 0 Å². The van der Waals surface area contributed by atoms with Crippen LogP contribution in [-0.4, -0.2) is 36.5 Å². The van der Waals surface area contributed by atoms with Crippen molar-refractivity contribution in [3.05, 3.63) is 130 Å². The summed E-state index contributed by atoms with van der Waals surface area (Å²) in [5, 5.41) is 6.60. The van der Waals surface area contributed by atoms with E-state index in [0.29, 0.717) is 16.7 Å². The molecule has 2 amide bonds. The monoisotopic (exact) mass is 555 g/mol. The van der Waals surface area contributed by atoms with E-state index in [-0.39, 0.29) is 28.6 Å². The van der Waals surface area contributed by atoms with Crippen LogP contribution in [-0.2, 0) is 4.79 Å². The Morgan fingerprint density at radius 3 is 2.00 bits per heavy atom. The van der Waals surface area contributed by atoms with Gasteiger partial charge in [0.05, 0.1) is 34.5 Å². The van der Waals surface area contributed by atoms with Gasteiger partial charge in [-0.2, -0.15) is 5.10 Å². The van der Waals surface area contributed by atoms with E-state index in [1.54, 1.807) is 78.9 Å². The highest BCUT2D eigenvalue weighted by molar-refractivity contribution is 6.33. The molecule has 0 saturated heterocycles. The minimum absolute atomic E-state index is 0.0391. The van der Waals surface area contributed by atoms with Crippen molar-refractivity contribution in [1.82, 2.24) is 10.7 Å². The zero-order valence-electron chi connectivity index (χ0n) is 20.9. The lowest BCUT2D eigenvalue weighted by Crippen LogP contribution is -2.35. The zero-order valence-corrected chi connectivity index (χ0v) is 21.6. The number of rotatable bonds is 9. The number of hydrogen-bond acceptors (Lipinski definition) is 7. The first-order valence-corrected chi connectivity index (χ1v) is 12.3. The first-order chi connectivity index (χ1) is 19.4. The number of halogens is 1. The molecule has 0 bridgehead atoms. The molecule has 0 unspecified atom stereocenters. The molecule has 0 aliphatic carbocycles.